The van der Waals surface area contributed by atoms with E-state index in [1.807, 2.05) is 0 Å². The molecule has 0 spiro atoms. The van der Waals surface area contributed by atoms with Gasteiger partial charge >= 0.3 is 5.97 Å². The van der Waals surface area contributed by atoms with Gasteiger partial charge in [-0.2, -0.15) is 0 Å². The fourth-order valence-corrected chi connectivity index (χ4v) is 2.63. The molecule has 0 aromatic heterocycles. The predicted molar refractivity (Wildman–Crippen MR) is 99.3 cm³/mol. The normalized spacial score (nSPS) is 12.1. The van der Waals surface area contributed by atoms with Crippen molar-refractivity contribution in [2.45, 2.75) is 6.92 Å². The number of ether oxygens (including phenoxy) is 4. The molecule has 8 nitrogen and oxygen atoms in total. The summed E-state index contributed by atoms with van der Waals surface area (Å²) in [6.45, 7) is 1.73. The van der Waals surface area contributed by atoms with Crippen LogP contribution >= 0.6 is 0 Å². The molecule has 28 heavy (non-hydrogen) atoms. The number of anilines is 1. The number of benzene rings is 2. The molecule has 146 valence electrons. The summed E-state index contributed by atoms with van der Waals surface area (Å²) in [5.74, 6) is -0.0873. The van der Waals surface area contributed by atoms with E-state index in [2.05, 4.69) is 5.32 Å². The lowest BCUT2D eigenvalue weighted by Gasteiger charge is -2.21. The van der Waals surface area contributed by atoms with Crippen LogP contribution in [0.3, 0.4) is 0 Å². The van der Waals surface area contributed by atoms with Crippen LogP contribution in [0.1, 0.15) is 27.6 Å². The molecular formula is C20H19NO7. The Balaban J connectivity index is 1.65. The summed E-state index contributed by atoms with van der Waals surface area (Å²) in [7, 11) is 1.46. The van der Waals surface area contributed by atoms with Gasteiger partial charge in [0.25, 0.3) is 0 Å². The summed E-state index contributed by atoms with van der Waals surface area (Å²) in [5, 5.41) is 2.61. The van der Waals surface area contributed by atoms with Crippen molar-refractivity contribution < 1.29 is 33.3 Å². The van der Waals surface area contributed by atoms with Crippen molar-refractivity contribution in [2.75, 3.05) is 32.2 Å². The third-order valence-corrected chi connectivity index (χ3v) is 3.93. The van der Waals surface area contributed by atoms with Gasteiger partial charge in [0, 0.05) is 18.2 Å². The van der Waals surface area contributed by atoms with E-state index in [1.165, 1.54) is 26.2 Å². The SMILES string of the molecule is COc1cc(C(=O)OCC(=O)c2ccc(NC(C)=O)cc2)cc2c1OCCO2. The fourth-order valence-electron chi connectivity index (χ4n) is 2.63. The molecule has 0 aliphatic carbocycles. The summed E-state index contributed by atoms with van der Waals surface area (Å²) < 4.78 is 21.3. The van der Waals surface area contributed by atoms with Crippen molar-refractivity contribution in [3.8, 4) is 17.2 Å². The molecule has 8 heteroatoms. The van der Waals surface area contributed by atoms with Gasteiger partial charge in [0.15, 0.2) is 23.9 Å². The minimum Gasteiger partial charge on any atom is -0.493 e. The minimum atomic E-state index is -0.682. The minimum absolute atomic E-state index is 0.190. The number of carbonyl (C=O) groups is 3. The molecule has 1 aliphatic heterocycles. The first-order valence-electron chi connectivity index (χ1n) is 8.53. The molecule has 0 radical (unpaired) electrons. The van der Waals surface area contributed by atoms with Crippen molar-refractivity contribution in [3.63, 3.8) is 0 Å². The summed E-state index contributed by atoms with van der Waals surface area (Å²) in [6.07, 6.45) is 0. The summed E-state index contributed by atoms with van der Waals surface area (Å²) >= 11 is 0. The Kier molecular flexibility index (Phi) is 5.78. The molecule has 2 aromatic rings. The van der Waals surface area contributed by atoms with Gasteiger partial charge in [-0.25, -0.2) is 4.79 Å². The maximum absolute atomic E-state index is 12.3. The maximum Gasteiger partial charge on any atom is 0.338 e. The van der Waals surface area contributed by atoms with Gasteiger partial charge in [0.1, 0.15) is 13.2 Å². The van der Waals surface area contributed by atoms with Crippen LogP contribution in [-0.2, 0) is 9.53 Å². The molecule has 0 saturated heterocycles. The molecule has 2 aromatic carbocycles. The Morgan fingerprint density at radius 2 is 1.75 bits per heavy atom. The van der Waals surface area contributed by atoms with Crippen LogP contribution in [0.15, 0.2) is 36.4 Å². The first-order valence-corrected chi connectivity index (χ1v) is 8.53. The van der Waals surface area contributed by atoms with Crippen LogP contribution in [0.2, 0.25) is 0 Å². The lowest BCUT2D eigenvalue weighted by molar-refractivity contribution is -0.114. The number of ketones is 1. The number of amides is 1. The molecule has 1 amide bonds. The highest BCUT2D eigenvalue weighted by Gasteiger charge is 2.22. The molecule has 0 fully saturated rings. The zero-order valence-electron chi connectivity index (χ0n) is 15.4. The summed E-state index contributed by atoms with van der Waals surface area (Å²) in [4.78, 5) is 35.6. The Morgan fingerprint density at radius 1 is 1.04 bits per heavy atom. The predicted octanol–water partition coefficient (Wildman–Crippen LogP) is 2.46. The average molecular weight is 385 g/mol. The molecule has 0 saturated carbocycles. The second-order valence-corrected chi connectivity index (χ2v) is 5.96. The molecule has 0 bridgehead atoms. The molecule has 0 atom stereocenters. The van der Waals surface area contributed by atoms with Crippen molar-refractivity contribution in [1.82, 2.24) is 0 Å². The number of methoxy groups -OCH3 is 1. The largest absolute Gasteiger partial charge is 0.493 e. The van der Waals surface area contributed by atoms with Gasteiger partial charge < -0.3 is 24.3 Å². The smallest absolute Gasteiger partial charge is 0.338 e. The van der Waals surface area contributed by atoms with Crippen LogP contribution < -0.4 is 19.5 Å². The van der Waals surface area contributed by atoms with E-state index in [-0.39, 0.29) is 17.3 Å². The second-order valence-electron chi connectivity index (χ2n) is 5.96. The van der Waals surface area contributed by atoms with E-state index >= 15 is 0 Å². The van der Waals surface area contributed by atoms with Crippen molar-refractivity contribution in [1.29, 1.82) is 0 Å². The van der Waals surface area contributed by atoms with Gasteiger partial charge in [0.05, 0.1) is 12.7 Å². The second kappa shape index (κ2) is 8.43. The van der Waals surface area contributed by atoms with Crippen LogP contribution in [0.5, 0.6) is 17.2 Å². The van der Waals surface area contributed by atoms with Gasteiger partial charge in [-0.1, -0.05) is 0 Å². The number of esters is 1. The Morgan fingerprint density at radius 3 is 2.43 bits per heavy atom. The number of rotatable bonds is 6. The number of carbonyl (C=O) groups excluding carboxylic acids is 3. The van der Waals surface area contributed by atoms with E-state index in [1.54, 1.807) is 24.3 Å². The molecule has 0 unspecified atom stereocenters. The number of Topliss-reactive ketones (excluding diaryl/α,β-unsaturated/α-hetero) is 1. The zero-order valence-corrected chi connectivity index (χ0v) is 15.4. The monoisotopic (exact) mass is 385 g/mol. The Bertz CT molecular complexity index is 888. The molecular weight excluding hydrogens is 366 g/mol. The fraction of sp³-hybridized carbons (Fsp3) is 0.250. The number of nitrogens with one attached hydrogen (secondary N) is 1. The Labute approximate surface area is 161 Å². The molecule has 1 aliphatic rings. The highest BCUT2D eigenvalue weighted by Crippen LogP contribution is 2.40. The lowest BCUT2D eigenvalue weighted by Crippen LogP contribution is -2.18. The number of fused-ring (bicyclic) bond motifs is 1. The number of hydrogen-bond donors (Lipinski definition) is 1. The highest BCUT2D eigenvalue weighted by molar-refractivity contribution is 6.00. The van der Waals surface area contributed by atoms with Crippen LogP contribution in [-0.4, -0.2) is 44.6 Å². The zero-order chi connectivity index (χ0) is 20.1. The van der Waals surface area contributed by atoms with Crippen molar-refractivity contribution in [3.05, 3.63) is 47.5 Å². The quantitative estimate of drug-likeness (QED) is 0.602. The van der Waals surface area contributed by atoms with Crippen LogP contribution in [0.4, 0.5) is 5.69 Å². The molecule has 1 heterocycles. The van der Waals surface area contributed by atoms with E-state index in [0.29, 0.717) is 41.7 Å². The summed E-state index contributed by atoms with van der Waals surface area (Å²) in [5.41, 5.74) is 1.13. The van der Waals surface area contributed by atoms with Crippen LogP contribution in [0, 0.1) is 0 Å². The van der Waals surface area contributed by atoms with E-state index in [4.69, 9.17) is 18.9 Å². The van der Waals surface area contributed by atoms with Crippen molar-refractivity contribution in [2.24, 2.45) is 0 Å². The standard InChI is InChI=1S/C20H19NO7/c1-12(22)21-15-5-3-13(4-6-15)16(23)11-28-20(24)14-9-17(25-2)19-18(10-14)26-7-8-27-19/h3-6,9-10H,7-8,11H2,1-2H3,(H,21,22). The topological polar surface area (TPSA) is 100 Å². The third-order valence-electron chi connectivity index (χ3n) is 3.93. The van der Waals surface area contributed by atoms with Crippen molar-refractivity contribution >= 4 is 23.3 Å². The number of hydrogen-bond acceptors (Lipinski definition) is 7. The molecule has 3 rings (SSSR count). The van der Waals surface area contributed by atoms with E-state index < -0.39 is 12.6 Å². The summed E-state index contributed by atoms with van der Waals surface area (Å²) in [6, 6.07) is 9.27. The maximum atomic E-state index is 12.3. The first kappa shape index (κ1) is 19.2. The van der Waals surface area contributed by atoms with Gasteiger partial charge in [-0.15, -0.1) is 0 Å². The van der Waals surface area contributed by atoms with Gasteiger partial charge in [-0.05, 0) is 36.4 Å². The first-order chi connectivity index (χ1) is 13.5. The van der Waals surface area contributed by atoms with E-state index in [9.17, 15) is 14.4 Å². The van der Waals surface area contributed by atoms with E-state index in [0.717, 1.165) is 0 Å². The third kappa shape index (κ3) is 4.40. The highest BCUT2D eigenvalue weighted by atomic mass is 16.6. The average Bonchev–Trinajstić information content (AvgIpc) is 2.71. The van der Waals surface area contributed by atoms with Gasteiger partial charge in [-0.3, -0.25) is 9.59 Å². The Hall–Kier alpha value is -3.55. The van der Waals surface area contributed by atoms with Gasteiger partial charge in [0.2, 0.25) is 11.7 Å². The lowest BCUT2D eigenvalue weighted by atomic mass is 10.1. The van der Waals surface area contributed by atoms with Crippen LogP contribution in [0.25, 0.3) is 0 Å². The molecule has 1 N–H and O–H groups in total.